The van der Waals surface area contributed by atoms with Crippen molar-refractivity contribution in [2.45, 2.75) is 39.3 Å². The summed E-state index contributed by atoms with van der Waals surface area (Å²) >= 11 is 0. The fraction of sp³-hybridized carbons (Fsp3) is 0.348. The van der Waals surface area contributed by atoms with E-state index in [1.807, 2.05) is 56.4 Å². The molecule has 2 aromatic heterocycles. The molecule has 6 heteroatoms. The third kappa shape index (κ3) is 3.95. The van der Waals surface area contributed by atoms with Gasteiger partial charge in [0.05, 0.1) is 30.0 Å². The van der Waals surface area contributed by atoms with E-state index in [4.69, 9.17) is 4.74 Å². The number of rotatable bonds is 5. The molecule has 3 aromatic rings. The first-order valence-corrected chi connectivity index (χ1v) is 9.93. The number of nitriles is 1. The van der Waals surface area contributed by atoms with Crippen molar-refractivity contribution in [1.29, 1.82) is 5.26 Å². The van der Waals surface area contributed by atoms with Crippen LogP contribution >= 0.6 is 0 Å². The second-order valence-corrected chi connectivity index (χ2v) is 7.79. The van der Waals surface area contributed by atoms with Crippen LogP contribution in [0.1, 0.15) is 36.4 Å². The zero-order chi connectivity index (χ0) is 20.4. The number of benzene rings is 1. The van der Waals surface area contributed by atoms with E-state index >= 15 is 0 Å². The van der Waals surface area contributed by atoms with Crippen LogP contribution in [0.5, 0.6) is 0 Å². The lowest BCUT2D eigenvalue weighted by molar-refractivity contribution is 0.114. The van der Waals surface area contributed by atoms with Crippen LogP contribution < -0.4 is 5.32 Å². The summed E-state index contributed by atoms with van der Waals surface area (Å²) in [5.74, 6) is 0.310. The van der Waals surface area contributed by atoms with E-state index in [1.165, 1.54) is 11.3 Å². The Kier molecular flexibility index (Phi) is 5.22. The summed E-state index contributed by atoms with van der Waals surface area (Å²) in [4.78, 5) is 16.3. The molecule has 0 bridgehead atoms. The smallest absolute Gasteiger partial charge is 0.407 e. The van der Waals surface area contributed by atoms with Crippen molar-refractivity contribution in [1.82, 2.24) is 14.9 Å². The van der Waals surface area contributed by atoms with Crippen molar-refractivity contribution >= 4 is 17.0 Å². The first kappa shape index (κ1) is 19.0. The number of pyridine rings is 1. The first-order chi connectivity index (χ1) is 14.0. The van der Waals surface area contributed by atoms with E-state index in [-0.39, 0.29) is 12.2 Å². The number of amides is 1. The molecule has 1 amide bonds. The number of hydrogen-bond donors (Lipinski definition) is 1. The number of carbonyl (C=O) groups is 1. The molecule has 0 fully saturated rings. The minimum Gasteiger partial charge on any atom is -0.447 e. The Labute approximate surface area is 170 Å². The molecule has 1 atom stereocenters. The molecule has 0 radical (unpaired) electrons. The summed E-state index contributed by atoms with van der Waals surface area (Å²) in [5.41, 5.74) is 5.34. The molecule has 1 unspecified atom stereocenters. The van der Waals surface area contributed by atoms with Gasteiger partial charge in [0.15, 0.2) is 0 Å². The summed E-state index contributed by atoms with van der Waals surface area (Å²) < 4.78 is 7.48. The number of nitrogens with one attached hydrogen (secondary N) is 1. The molecule has 0 spiro atoms. The van der Waals surface area contributed by atoms with E-state index in [9.17, 15) is 10.1 Å². The highest BCUT2D eigenvalue weighted by molar-refractivity contribution is 5.87. The van der Waals surface area contributed by atoms with E-state index < -0.39 is 0 Å². The highest BCUT2D eigenvalue weighted by Crippen LogP contribution is 2.36. The van der Waals surface area contributed by atoms with Gasteiger partial charge in [-0.3, -0.25) is 4.98 Å². The van der Waals surface area contributed by atoms with Crippen molar-refractivity contribution in [3.8, 4) is 6.07 Å². The van der Waals surface area contributed by atoms with Crippen LogP contribution in [-0.4, -0.2) is 28.3 Å². The molecule has 4 rings (SSSR count). The number of carbonyl (C=O) groups excluding carboxylic acids is 1. The molecule has 0 saturated heterocycles. The zero-order valence-corrected chi connectivity index (χ0v) is 16.7. The average molecular weight is 388 g/mol. The van der Waals surface area contributed by atoms with Crippen LogP contribution in [0.15, 0.2) is 42.6 Å². The Morgan fingerprint density at radius 1 is 1.34 bits per heavy atom. The lowest BCUT2D eigenvalue weighted by atomic mass is 10.0. The quantitative estimate of drug-likeness (QED) is 0.721. The standard InChI is InChI=1S/C23H24N4O2/c1-15(2)29-23(28)26-13-17-10-20-19-9-16(12-24)6-7-21(19)27(22(20)11-17)14-18-5-3-4-8-25-18/h3-9,15,17H,10-11,13-14H2,1-2H3,(H,26,28). The summed E-state index contributed by atoms with van der Waals surface area (Å²) in [6, 6.07) is 14.1. The van der Waals surface area contributed by atoms with Crippen LogP contribution in [0.2, 0.25) is 0 Å². The van der Waals surface area contributed by atoms with Gasteiger partial charge in [-0.15, -0.1) is 0 Å². The van der Waals surface area contributed by atoms with Crippen molar-refractivity contribution < 1.29 is 9.53 Å². The minimum atomic E-state index is -0.371. The van der Waals surface area contributed by atoms with Gasteiger partial charge >= 0.3 is 6.09 Å². The molecule has 29 heavy (non-hydrogen) atoms. The Morgan fingerprint density at radius 3 is 2.93 bits per heavy atom. The summed E-state index contributed by atoms with van der Waals surface area (Å²) in [7, 11) is 0. The third-order valence-electron chi connectivity index (χ3n) is 5.31. The lowest BCUT2D eigenvalue weighted by Gasteiger charge is -2.15. The SMILES string of the molecule is CC(C)OC(=O)NCC1Cc2c(n(Cc3ccccn3)c3ccc(C#N)cc23)C1. The van der Waals surface area contributed by atoms with Crippen LogP contribution in [0.4, 0.5) is 4.79 Å². The fourth-order valence-electron chi connectivity index (χ4n) is 4.10. The number of alkyl carbamates (subject to hydrolysis) is 1. The number of hydrogen-bond acceptors (Lipinski definition) is 4. The summed E-state index contributed by atoms with van der Waals surface area (Å²) in [6.45, 7) is 4.94. The van der Waals surface area contributed by atoms with Gasteiger partial charge in [-0.05, 0) is 68.5 Å². The number of aromatic nitrogens is 2. The predicted molar refractivity (Wildman–Crippen MR) is 111 cm³/mol. The molecule has 148 valence electrons. The summed E-state index contributed by atoms with van der Waals surface area (Å²) in [6.07, 6.45) is 3.05. The van der Waals surface area contributed by atoms with Crippen molar-refractivity contribution in [2.75, 3.05) is 6.54 Å². The Morgan fingerprint density at radius 2 is 2.21 bits per heavy atom. The van der Waals surface area contributed by atoms with E-state index in [2.05, 4.69) is 20.9 Å². The lowest BCUT2D eigenvalue weighted by Crippen LogP contribution is -2.31. The molecule has 0 saturated carbocycles. The third-order valence-corrected chi connectivity index (χ3v) is 5.31. The molecule has 1 aromatic carbocycles. The number of fused-ring (bicyclic) bond motifs is 3. The second-order valence-electron chi connectivity index (χ2n) is 7.79. The molecule has 0 aliphatic heterocycles. The average Bonchev–Trinajstić information content (AvgIpc) is 3.25. The Hall–Kier alpha value is -3.33. The largest absolute Gasteiger partial charge is 0.447 e. The highest BCUT2D eigenvalue weighted by Gasteiger charge is 2.29. The molecule has 6 nitrogen and oxygen atoms in total. The second kappa shape index (κ2) is 7.96. The Balaban J connectivity index is 1.62. The first-order valence-electron chi connectivity index (χ1n) is 9.93. The van der Waals surface area contributed by atoms with Crippen LogP contribution in [0.25, 0.3) is 10.9 Å². The van der Waals surface area contributed by atoms with E-state index in [0.717, 1.165) is 29.4 Å². The van der Waals surface area contributed by atoms with Crippen molar-refractivity contribution in [3.63, 3.8) is 0 Å². The van der Waals surface area contributed by atoms with Gasteiger partial charge in [-0.2, -0.15) is 5.26 Å². The normalized spacial score (nSPS) is 15.3. The van der Waals surface area contributed by atoms with E-state index in [1.54, 1.807) is 0 Å². The van der Waals surface area contributed by atoms with Gasteiger partial charge in [-0.1, -0.05) is 6.07 Å². The summed E-state index contributed by atoms with van der Waals surface area (Å²) in [5, 5.41) is 13.3. The number of ether oxygens (including phenoxy) is 1. The molecular formula is C23H24N4O2. The van der Waals surface area contributed by atoms with Gasteiger partial charge in [0.1, 0.15) is 0 Å². The van der Waals surface area contributed by atoms with Gasteiger partial charge in [0.25, 0.3) is 0 Å². The topological polar surface area (TPSA) is 79.9 Å². The van der Waals surface area contributed by atoms with E-state index in [0.29, 0.717) is 24.6 Å². The van der Waals surface area contributed by atoms with Crippen molar-refractivity contribution in [2.24, 2.45) is 5.92 Å². The molecule has 1 aliphatic carbocycles. The monoisotopic (exact) mass is 388 g/mol. The molecular weight excluding hydrogens is 364 g/mol. The molecule has 1 aliphatic rings. The molecule has 2 heterocycles. The predicted octanol–water partition coefficient (Wildman–Crippen LogP) is 3.81. The van der Waals surface area contributed by atoms with Crippen LogP contribution in [-0.2, 0) is 24.1 Å². The zero-order valence-electron chi connectivity index (χ0n) is 16.7. The van der Waals surface area contributed by atoms with Gasteiger partial charge < -0.3 is 14.6 Å². The maximum Gasteiger partial charge on any atom is 0.407 e. The number of nitrogens with zero attached hydrogens (tertiary/aromatic N) is 3. The van der Waals surface area contributed by atoms with Gasteiger partial charge in [0, 0.05) is 29.3 Å². The maximum atomic E-state index is 11.8. The highest BCUT2D eigenvalue weighted by atomic mass is 16.6. The van der Waals surface area contributed by atoms with Gasteiger partial charge in [0.2, 0.25) is 0 Å². The Bertz CT molecular complexity index is 1080. The fourth-order valence-corrected chi connectivity index (χ4v) is 4.10. The van der Waals surface area contributed by atoms with Gasteiger partial charge in [-0.25, -0.2) is 4.79 Å². The minimum absolute atomic E-state index is 0.133. The maximum absolute atomic E-state index is 11.8. The van der Waals surface area contributed by atoms with Crippen LogP contribution in [0, 0.1) is 17.2 Å². The molecule has 1 N–H and O–H groups in total. The van der Waals surface area contributed by atoms with Crippen molar-refractivity contribution in [3.05, 3.63) is 65.1 Å². The van der Waals surface area contributed by atoms with Crippen LogP contribution in [0.3, 0.4) is 0 Å².